The summed E-state index contributed by atoms with van der Waals surface area (Å²) in [6, 6.07) is 13.8. The maximum absolute atomic E-state index is 12.8. The van der Waals surface area contributed by atoms with E-state index in [2.05, 4.69) is 30.7 Å². The van der Waals surface area contributed by atoms with Crippen LogP contribution < -0.4 is 10.6 Å². The Hall–Kier alpha value is -4.80. The van der Waals surface area contributed by atoms with Gasteiger partial charge in [0.25, 0.3) is 0 Å². The lowest BCUT2D eigenvalue weighted by atomic mass is 10.0. The number of anilines is 3. The van der Waals surface area contributed by atoms with Gasteiger partial charge in [-0.05, 0) is 29.3 Å². The molecule has 4 aromatic heterocycles. The van der Waals surface area contributed by atoms with Crippen molar-refractivity contribution >= 4 is 28.7 Å². The van der Waals surface area contributed by atoms with Crippen molar-refractivity contribution in [2.75, 3.05) is 10.6 Å². The number of hydrogen-bond donors (Lipinski definition) is 2. The molecule has 0 unspecified atom stereocenters. The number of halogens is 3. The van der Waals surface area contributed by atoms with Gasteiger partial charge in [-0.2, -0.15) is 18.3 Å². The molecule has 1 amide bonds. The molecular formula is C25H18F3N7O. The number of nitrogens with zero attached hydrogens (tertiary/aromatic N) is 5. The van der Waals surface area contributed by atoms with E-state index >= 15 is 0 Å². The van der Waals surface area contributed by atoms with Crippen LogP contribution in [-0.4, -0.2) is 30.5 Å². The third-order valence-corrected chi connectivity index (χ3v) is 5.33. The number of fused-ring (bicyclic) bond motifs is 1. The van der Waals surface area contributed by atoms with Crippen molar-refractivity contribution in [1.82, 2.24) is 24.6 Å². The van der Waals surface area contributed by atoms with Crippen LogP contribution in [0, 0.1) is 0 Å². The number of carbonyl (C=O) groups is 1. The number of alkyl halides is 3. The lowest BCUT2D eigenvalue weighted by Crippen LogP contribution is -2.15. The van der Waals surface area contributed by atoms with Crippen LogP contribution in [0.5, 0.6) is 0 Å². The molecule has 1 aromatic carbocycles. The summed E-state index contributed by atoms with van der Waals surface area (Å²) in [5, 5.41) is 9.87. The molecule has 0 aliphatic rings. The first-order valence-corrected chi connectivity index (χ1v) is 10.8. The topological polar surface area (TPSA) is 97.1 Å². The van der Waals surface area contributed by atoms with Crippen molar-refractivity contribution in [3.05, 3.63) is 96.8 Å². The number of benzene rings is 1. The summed E-state index contributed by atoms with van der Waals surface area (Å²) in [6.07, 6.45) is 4.26. The SMILES string of the molecule is O=C(Cc1ccc(-c2cnc(Nc3cnn4ccccc34)nc2)cc1)Nc1cncc(C(F)(F)F)c1. The Morgan fingerprint density at radius 2 is 1.69 bits per heavy atom. The summed E-state index contributed by atoms with van der Waals surface area (Å²) in [4.78, 5) is 24.6. The lowest BCUT2D eigenvalue weighted by molar-refractivity contribution is -0.137. The van der Waals surface area contributed by atoms with Crippen LogP contribution in [0.15, 0.2) is 85.7 Å². The molecule has 0 bridgehead atoms. The zero-order valence-corrected chi connectivity index (χ0v) is 18.6. The largest absolute Gasteiger partial charge is 0.417 e. The van der Waals surface area contributed by atoms with Crippen molar-refractivity contribution in [2.24, 2.45) is 0 Å². The molecule has 0 aliphatic carbocycles. The number of nitrogens with one attached hydrogen (secondary N) is 2. The second-order valence-electron chi connectivity index (χ2n) is 7.89. The van der Waals surface area contributed by atoms with Crippen LogP contribution in [0.3, 0.4) is 0 Å². The highest BCUT2D eigenvalue weighted by atomic mass is 19.4. The molecule has 36 heavy (non-hydrogen) atoms. The quantitative estimate of drug-likeness (QED) is 0.343. The Morgan fingerprint density at radius 3 is 2.44 bits per heavy atom. The van der Waals surface area contributed by atoms with Crippen molar-refractivity contribution in [1.29, 1.82) is 0 Å². The van der Waals surface area contributed by atoms with Gasteiger partial charge in [0.2, 0.25) is 11.9 Å². The fraction of sp³-hybridized carbons (Fsp3) is 0.0800. The van der Waals surface area contributed by atoms with E-state index in [4.69, 9.17) is 0 Å². The first kappa shape index (κ1) is 23.0. The monoisotopic (exact) mass is 489 g/mol. The van der Waals surface area contributed by atoms with Crippen molar-refractivity contribution in [3.8, 4) is 11.1 Å². The van der Waals surface area contributed by atoms with Gasteiger partial charge in [0.05, 0.1) is 41.3 Å². The predicted molar refractivity (Wildman–Crippen MR) is 128 cm³/mol. The van der Waals surface area contributed by atoms with Gasteiger partial charge < -0.3 is 10.6 Å². The molecule has 5 aromatic rings. The summed E-state index contributed by atoms with van der Waals surface area (Å²) in [6.45, 7) is 0. The second-order valence-corrected chi connectivity index (χ2v) is 7.89. The number of rotatable bonds is 6. The number of aromatic nitrogens is 5. The van der Waals surface area contributed by atoms with Gasteiger partial charge in [-0.3, -0.25) is 9.78 Å². The third kappa shape index (κ3) is 5.14. The highest BCUT2D eigenvalue weighted by molar-refractivity contribution is 5.92. The Bertz CT molecular complexity index is 1510. The van der Waals surface area contributed by atoms with Crippen molar-refractivity contribution in [3.63, 3.8) is 0 Å². The minimum atomic E-state index is -4.53. The number of carbonyl (C=O) groups excluding carboxylic acids is 1. The predicted octanol–water partition coefficient (Wildman–Crippen LogP) is 5.13. The van der Waals surface area contributed by atoms with Gasteiger partial charge in [0, 0.05) is 30.4 Å². The third-order valence-electron chi connectivity index (χ3n) is 5.33. The molecule has 2 N–H and O–H groups in total. The summed E-state index contributed by atoms with van der Waals surface area (Å²) in [5.74, 6) is -0.0230. The van der Waals surface area contributed by atoms with Gasteiger partial charge in [-0.1, -0.05) is 30.3 Å². The van der Waals surface area contributed by atoms with E-state index in [0.29, 0.717) is 17.7 Å². The molecule has 180 valence electrons. The first-order valence-electron chi connectivity index (χ1n) is 10.8. The van der Waals surface area contributed by atoms with Crippen LogP contribution in [0.1, 0.15) is 11.1 Å². The highest BCUT2D eigenvalue weighted by Gasteiger charge is 2.31. The molecule has 5 rings (SSSR count). The summed E-state index contributed by atoms with van der Waals surface area (Å²) < 4.78 is 40.2. The smallest absolute Gasteiger partial charge is 0.324 e. The van der Waals surface area contributed by atoms with E-state index in [1.807, 2.05) is 36.5 Å². The maximum Gasteiger partial charge on any atom is 0.417 e. The van der Waals surface area contributed by atoms with Crippen LogP contribution in [-0.2, 0) is 17.4 Å². The normalized spacial score (nSPS) is 11.4. The Labute approximate surface area is 202 Å². The van der Waals surface area contributed by atoms with Crippen molar-refractivity contribution in [2.45, 2.75) is 12.6 Å². The summed E-state index contributed by atoms with van der Waals surface area (Å²) >= 11 is 0. The molecule has 0 radical (unpaired) electrons. The second kappa shape index (κ2) is 9.45. The van der Waals surface area contributed by atoms with Crippen molar-refractivity contribution < 1.29 is 18.0 Å². The molecule has 0 saturated carbocycles. The Balaban J connectivity index is 1.21. The minimum Gasteiger partial charge on any atom is -0.324 e. The van der Waals surface area contributed by atoms with E-state index in [9.17, 15) is 18.0 Å². The molecule has 0 fully saturated rings. The molecule has 11 heteroatoms. The van der Waals surface area contributed by atoms with Gasteiger partial charge in [0.15, 0.2) is 0 Å². The van der Waals surface area contributed by atoms with E-state index in [-0.39, 0.29) is 12.1 Å². The minimum absolute atomic E-state index is 0.00443. The van der Waals surface area contributed by atoms with E-state index in [1.54, 1.807) is 35.2 Å². The molecule has 0 aliphatic heterocycles. The lowest BCUT2D eigenvalue weighted by Gasteiger charge is -2.09. The standard InChI is InChI=1S/C25H18F3N7O/c26-25(27,28)19-10-20(14-29-13-19)33-23(36)9-16-4-6-17(7-5-16)18-11-30-24(31-12-18)34-21-15-32-35-8-2-1-3-22(21)35/h1-8,10-15H,9H2,(H,33,36)(H,30,31,34). The fourth-order valence-corrected chi connectivity index (χ4v) is 3.56. The van der Waals surface area contributed by atoms with E-state index in [0.717, 1.165) is 28.4 Å². The van der Waals surface area contributed by atoms with Gasteiger partial charge in [0.1, 0.15) is 0 Å². The summed E-state index contributed by atoms with van der Waals surface area (Å²) in [7, 11) is 0. The fourth-order valence-electron chi connectivity index (χ4n) is 3.56. The first-order chi connectivity index (χ1) is 17.3. The molecular weight excluding hydrogens is 471 g/mol. The van der Waals surface area contributed by atoms with Gasteiger partial charge in [-0.15, -0.1) is 0 Å². The zero-order valence-electron chi connectivity index (χ0n) is 18.6. The van der Waals surface area contributed by atoms with Crippen LogP contribution in [0.2, 0.25) is 0 Å². The van der Waals surface area contributed by atoms with Crippen LogP contribution in [0.4, 0.5) is 30.5 Å². The molecule has 0 saturated heterocycles. The Kier molecular flexibility index (Phi) is 6.03. The number of hydrogen-bond acceptors (Lipinski definition) is 6. The average molecular weight is 489 g/mol. The highest BCUT2D eigenvalue weighted by Crippen LogP contribution is 2.30. The van der Waals surface area contributed by atoms with E-state index in [1.165, 1.54) is 6.20 Å². The molecule has 0 spiro atoms. The summed E-state index contributed by atoms with van der Waals surface area (Å²) in [5.41, 5.74) is 3.08. The molecule has 8 nitrogen and oxygen atoms in total. The van der Waals surface area contributed by atoms with Crippen LogP contribution in [0.25, 0.3) is 16.6 Å². The molecule has 0 atom stereocenters. The zero-order chi connectivity index (χ0) is 25.1. The molecule has 4 heterocycles. The van der Waals surface area contributed by atoms with E-state index < -0.39 is 17.6 Å². The van der Waals surface area contributed by atoms with Gasteiger partial charge >= 0.3 is 6.18 Å². The van der Waals surface area contributed by atoms with Crippen LogP contribution >= 0.6 is 0 Å². The number of amides is 1. The average Bonchev–Trinajstić information content (AvgIpc) is 3.27. The number of pyridine rings is 2. The maximum atomic E-state index is 12.8. The Morgan fingerprint density at radius 1 is 0.917 bits per heavy atom. The van der Waals surface area contributed by atoms with Gasteiger partial charge in [-0.25, -0.2) is 14.5 Å².